The molecule has 0 saturated heterocycles. The lowest BCUT2D eigenvalue weighted by molar-refractivity contribution is -0.222. The molecule has 0 bridgehead atoms. The number of nitrogens with zero attached hydrogens (tertiary/aromatic N) is 1. The first-order chi connectivity index (χ1) is 9.08. The van der Waals surface area contributed by atoms with Gasteiger partial charge in [0.1, 0.15) is 5.69 Å². The number of aromatic nitrogens is 1. The maximum Gasteiger partial charge on any atom is 0.416 e. The molecule has 0 aliphatic rings. The molecular formula is C13H17F3N2O2. The molecule has 1 aromatic heterocycles. The lowest BCUT2D eigenvalue weighted by Crippen LogP contribution is -2.57. The second-order valence-electron chi connectivity index (χ2n) is 4.99. The van der Waals surface area contributed by atoms with Gasteiger partial charge in [-0.2, -0.15) is 13.2 Å². The quantitative estimate of drug-likeness (QED) is 0.892. The Morgan fingerprint density at radius 1 is 1.40 bits per heavy atom. The highest BCUT2D eigenvalue weighted by atomic mass is 19.4. The molecule has 0 radical (unpaired) electrons. The fourth-order valence-electron chi connectivity index (χ4n) is 1.64. The molecule has 0 aromatic carbocycles. The van der Waals surface area contributed by atoms with Gasteiger partial charge in [0, 0.05) is 5.69 Å². The van der Waals surface area contributed by atoms with Crippen molar-refractivity contribution in [2.45, 2.75) is 45.0 Å². The van der Waals surface area contributed by atoms with Gasteiger partial charge in [0.2, 0.25) is 0 Å². The van der Waals surface area contributed by atoms with Crippen molar-refractivity contribution in [1.29, 1.82) is 0 Å². The van der Waals surface area contributed by atoms with E-state index in [-0.39, 0.29) is 5.69 Å². The van der Waals surface area contributed by atoms with Crippen LogP contribution < -0.4 is 5.32 Å². The molecule has 0 aliphatic heterocycles. The molecule has 1 aromatic rings. The lowest BCUT2D eigenvalue weighted by Gasteiger charge is -2.32. The molecule has 112 valence electrons. The van der Waals surface area contributed by atoms with Crippen LogP contribution in [0.3, 0.4) is 0 Å². The SMILES string of the molecule is CCc1cccc(C(=O)NC(C)(C)C(O)C(F)(F)F)n1. The second-order valence-corrected chi connectivity index (χ2v) is 4.99. The third kappa shape index (κ3) is 3.93. The van der Waals surface area contributed by atoms with Crippen molar-refractivity contribution in [3.63, 3.8) is 0 Å². The summed E-state index contributed by atoms with van der Waals surface area (Å²) in [5.74, 6) is -0.756. The smallest absolute Gasteiger partial charge is 0.382 e. The van der Waals surface area contributed by atoms with E-state index in [1.807, 2.05) is 6.92 Å². The van der Waals surface area contributed by atoms with Crippen LogP contribution in [-0.4, -0.2) is 33.8 Å². The number of hydrogen-bond donors (Lipinski definition) is 2. The molecule has 20 heavy (non-hydrogen) atoms. The molecule has 1 heterocycles. The molecule has 0 spiro atoms. The number of amides is 1. The van der Waals surface area contributed by atoms with Crippen molar-refractivity contribution >= 4 is 5.91 Å². The number of halogens is 3. The van der Waals surface area contributed by atoms with E-state index in [1.54, 1.807) is 12.1 Å². The predicted octanol–water partition coefficient (Wildman–Crippen LogP) is 2.08. The minimum absolute atomic E-state index is 0.0202. The van der Waals surface area contributed by atoms with Gasteiger partial charge in [-0.25, -0.2) is 4.98 Å². The number of carbonyl (C=O) groups is 1. The molecule has 2 N–H and O–H groups in total. The molecule has 1 rings (SSSR count). The summed E-state index contributed by atoms with van der Waals surface area (Å²) >= 11 is 0. The van der Waals surface area contributed by atoms with Crippen LogP contribution in [0, 0.1) is 0 Å². The van der Waals surface area contributed by atoms with Gasteiger partial charge in [-0.05, 0) is 32.4 Å². The molecule has 0 saturated carbocycles. The van der Waals surface area contributed by atoms with Gasteiger partial charge in [0.15, 0.2) is 6.10 Å². The third-order valence-electron chi connectivity index (χ3n) is 2.83. The molecule has 1 atom stereocenters. The second kappa shape index (κ2) is 5.78. The standard InChI is InChI=1S/C13H17F3N2O2/c1-4-8-6-5-7-9(17-8)10(19)18-12(2,3)11(20)13(14,15)16/h5-7,11,20H,4H2,1-3H3,(H,18,19). The maximum atomic E-state index is 12.5. The number of pyridine rings is 1. The van der Waals surface area contributed by atoms with Crippen LogP contribution >= 0.6 is 0 Å². The maximum absolute atomic E-state index is 12.5. The fraction of sp³-hybridized carbons (Fsp3) is 0.538. The minimum Gasteiger partial charge on any atom is -0.382 e. The van der Waals surface area contributed by atoms with Crippen LogP contribution in [0.25, 0.3) is 0 Å². The van der Waals surface area contributed by atoms with E-state index >= 15 is 0 Å². The third-order valence-corrected chi connectivity index (χ3v) is 2.83. The van der Waals surface area contributed by atoms with Crippen LogP contribution in [-0.2, 0) is 6.42 Å². The van der Waals surface area contributed by atoms with E-state index < -0.39 is 23.7 Å². The Hall–Kier alpha value is -1.63. The Kier molecular flexibility index (Phi) is 4.75. The first kappa shape index (κ1) is 16.4. The van der Waals surface area contributed by atoms with E-state index in [2.05, 4.69) is 10.3 Å². The van der Waals surface area contributed by atoms with Crippen molar-refractivity contribution < 1.29 is 23.1 Å². The first-order valence-electron chi connectivity index (χ1n) is 6.11. The van der Waals surface area contributed by atoms with Gasteiger partial charge < -0.3 is 10.4 Å². The van der Waals surface area contributed by atoms with Gasteiger partial charge in [0.25, 0.3) is 5.91 Å². The Labute approximate surface area is 115 Å². The Balaban J connectivity index is 2.88. The molecule has 1 unspecified atom stereocenters. The van der Waals surface area contributed by atoms with Gasteiger partial charge in [0.05, 0.1) is 5.54 Å². The molecule has 0 aliphatic carbocycles. The number of alkyl halides is 3. The predicted molar refractivity (Wildman–Crippen MR) is 67.2 cm³/mol. The summed E-state index contributed by atoms with van der Waals surface area (Å²) in [7, 11) is 0. The van der Waals surface area contributed by atoms with Crippen molar-refractivity contribution in [3.8, 4) is 0 Å². The number of carbonyl (C=O) groups excluding carboxylic acids is 1. The molecule has 7 heteroatoms. The Morgan fingerprint density at radius 2 is 2.00 bits per heavy atom. The fourth-order valence-corrected chi connectivity index (χ4v) is 1.64. The van der Waals surface area contributed by atoms with Crippen LogP contribution in [0.5, 0.6) is 0 Å². The number of aliphatic hydroxyl groups excluding tert-OH is 1. The van der Waals surface area contributed by atoms with Gasteiger partial charge in [-0.15, -0.1) is 0 Å². The zero-order valence-electron chi connectivity index (χ0n) is 11.5. The summed E-state index contributed by atoms with van der Waals surface area (Å²) in [5.41, 5.74) is -1.17. The van der Waals surface area contributed by atoms with E-state index in [0.29, 0.717) is 12.1 Å². The summed E-state index contributed by atoms with van der Waals surface area (Å²) < 4.78 is 37.5. The monoisotopic (exact) mass is 290 g/mol. The van der Waals surface area contributed by atoms with E-state index in [4.69, 9.17) is 0 Å². The minimum atomic E-state index is -4.81. The van der Waals surface area contributed by atoms with Gasteiger partial charge in [-0.3, -0.25) is 4.79 Å². The van der Waals surface area contributed by atoms with E-state index in [1.165, 1.54) is 6.07 Å². The summed E-state index contributed by atoms with van der Waals surface area (Å²) in [4.78, 5) is 15.9. The van der Waals surface area contributed by atoms with Crippen LogP contribution in [0.4, 0.5) is 13.2 Å². The zero-order chi connectivity index (χ0) is 15.6. The summed E-state index contributed by atoms with van der Waals surface area (Å²) in [6.07, 6.45) is -6.86. The number of aryl methyl sites for hydroxylation is 1. The summed E-state index contributed by atoms with van der Waals surface area (Å²) in [6, 6.07) is 4.73. The van der Waals surface area contributed by atoms with Crippen molar-refractivity contribution in [3.05, 3.63) is 29.6 Å². The topological polar surface area (TPSA) is 62.2 Å². The van der Waals surface area contributed by atoms with Gasteiger partial charge >= 0.3 is 6.18 Å². The largest absolute Gasteiger partial charge is 0.416 e. The average molecular weight is 290 g/mol. The van der Waals surface area contributed by atoms with Crippen molar-refractivity contribution in [2.75, 3.05) is 0 Å². The number of hydrogen-bond acceptors (Lipinski definition) is 3. The normalized spacial score (nSPS) is 13.9. The lowest BCUT2D eigenvalue weighted by atomic mass is 9.96. The average Bonchev–Trinajstić information content (AvgIpc) is 2.36. The molecule has 1 amide bonds. The first-order valence-corrected chi connectivity index (χ1v) is 6.11. The Bertz CT molecular complexity index is 487. The highest BCUT2D eigenvalue weighted by molar-refractivity contribution is 5.92. The summed E-state index contributed by atoms with van der Waals surface area (Å²) in [6.45, 7) is 4.06. The highest BCUT2D eigenvalue weighted by Gasteiger charge is 2.48. The van der Waals surface area contributed by atoms with E-state index in [9.17, 15) is 23.1 Å². The number of aliphatic hydroxyl groups is 1. The van der Waals surface area contributed by atoms with Crippen LogP contribution in [0.15, 0.2) is 18.2 Å². The van der Waals surface area contributed by atoms with Crippen LogP contribution in [0.2, 0.25) is 0 Å². The molecule has 0 fully saturated rings. The Morgan fingerprint density at radius 3 is 2.50 bits per heavy atom. The van der Waals surface area contributed by atoms with Crippen molar-refractivity contribution in [1.82, 2.24) is 10.3 Å². The summed E-state index contributed by atoms with van der Waals surface area (Å²) in [5, 5.41) is 11.4. The zero-order valence-corrected chi connectivity index (χ0v) is 11.5. The number of nitrogens with one attached hydrogen (secondary N) is 1. The molecule has 4 nitrogen and oxygen atoms in total. The highest BCUT2D eigenvalue weighted by Crippen LogP contribution is 2.28. The van der Waals surface area contributed by atoms with Gasteiger partial charge in [-0.1, -0.05) is 13.0 Å². The van der Waals surface area contributed by atoms with E-state index in [0.717, 1.165) is 13.8 Å². The molecular weight excluding hydrogens is 273 g/mol. The van der Waals surface area contributed by atoms with Crippen molar-refractivity contribution in [2.24, 2.45) is 0 Å². The van der Waals surface area contributed by atoms with Crippen LogP contribution in [0.1, 0.15) is 37.0 Å². The number of rotatable bonds is 4.